The van der Waals surface area contributed by atoms with Crippen LogP contribution in [-0.4, -0.2) is 61.0 Å². The average molecular weight is 213 g/mol. The molecule has 88 valence electrons. The van der Waals surface area contributed by atoms with Gasteiger partial charge in [0.25, 0.3) is 0 Å². The Labute approximate surface area is 92.6 Å². The second kappa shape index (κ2) is 4.94. The molecule has 1 saturated heterocycles. The van der Waals surface area contributed by atoms with Crippen LogP contribution in [0, 0.1) is 0 Å². The van der Waals surface area contributed by atoms with Crippen molar-refractivity contribution in [2.24, 2.45) is 0 Å². The van der Waals surface area contributed by atoms with Crippen molar-refractivity contribution in [3.8, 4) is 0 Å². The van der Waals surface area contributed by atoms with Crippen LogP contribution in [0.4, 0.5) is 0 Å². The van der Waals surface area contributed by atoms with E-state index in [-0.39, 0.29) is 11.4 Å². The lowest BCUT2D eigenvalue weighted by Gasteiger charge is -2.32. The SMILES string of the molecule is CN1CCN(CCNC(C)(C)C)CC1=O. The van der Waals surface area contributed by atoms with Crippen molar-refractivity contribution in [3.63, 3.8) is 0 Å². The summed E-state index contributed by atoms with van der Waals surface area (Å²) in [7, 11) is 1.87. The maximum absolute atomic E-state index is 11.4. The van der Waals surface area contributed by atoms with E-state index in [2.05, 4.69) is 31.0 Å². The van der Waals surface area contributed by atoms with Gasteiger partial charge in [0.1, 0.15) is 0 Å². The molecule has 0 atom stereocenters. The average Bonchev–Trinajstić information content (AvgIpc) is 2.09. The normalized spacial score (nSPS) is 19.7. The molecule has 0 saturated carbocycles. The van der Waals surface area contributed by atoms with E-state index in [9.17, 15) is 4.79 Å². The van der Waals surface area contributed by atoms with E-state index in [0.717, 1.165) is 26.2 Å². The number of nitrogens with one attached hydrogen (secondary N) is 1. The predicted octanol–water partition coefficient (Wildman–Crippen LogP) is 0.149. The third-order valence-electron chi connectivity index (χ3n) is 2.62. The molecule has 0 aromatic rings. The smallest absolute Gasteiger partial charge is 0.236 e. The summed E-state index contributed by atoms with van der Waals surface area (Å²) in [4.78, 5) is 15.4. The Hall–Kier alpha value is -0.610. The first-order valence-corrected chi connectivity index (χ1v) is 5.60. The van der Waals surface area contributed by atoms with Crippen molar-refractivity contribution in [3.05, 3.63) is 0 Å². The van der Waals surface area contributed by atoms with Gasteiger partial charge in [-0.25, -0.2) is 0 Å². The Morgan fingerprint density at radius 1 is 1.33 bits per heavy atom. The number of amides is 1. The van der Waals surface area contributed by atoms with Crippen molar-refractivity contribution < 1.29 is 4.79 Å². The minimum atomic E-state index is 0.163. The number of rotatable bonds is 3. The summed E-state index contributed by atoms with van der Waals surface area (Å²) in [5, 5.41) is 3.43. The molecule has 0 unspecified atom stereocenters. The zero-order valence-electron chi connectivity index (χ0n) is 10.3. The highest BCUT2D eigenvalue weighted by atomic mass is 16.2. The zero-order valence-corrected chi connectivity index (χ0v) is 10.3. The van der Waals surface area contributed by atoms with Crippen LogP contribution in [-0.2, 0) is 4.79 Å². The number of piperazine rings is 1. The van der Waals surface area contributed by atoms with Crippen LogP contribution in [0.5, 0.6) is 0 Å². The fourth-order valence-electron chi connectivity index (χ4n) is 1.59. The fourth-order valence-corrected chi connectivity index (χ4v) is 1.59. The van der Waals surface area contributed by atoms with E-state index in [1.165, 1.54) is 0 Å². The molecule has 1 heterocycles. The molecule has 1 aliphatic rings. The number of carbonyl (C=O) groups excluding carboxylic acids is 1. The van der Waals surface area contributed by atoms with Gasteiger partial charge in [-0.3, -0.25) is 9.69 Å². The first kappa shape index (κ1) is 12.5. The van der Waals surface area contributed by atoms with Crippen LogP contribution in [0.25, 0.3) is 0 Å². The highest BCUT2D eigenvalue weighted by molar-refractivity contribution is 5.78. The number of carbonyl (C=O) groups is 1. The molecule has 1 rings (SSSR count). The standard InChI is InChI=1S/C11H23N3O/c1-11(2,3)12-5-6-14-8-7-13(4)10(15)9-14/h12H,5-9H2,1-4H3. The number of hydrogen-bond donors (Lipinski definition) is 1. The second-order valence-corrected chi connectivity index (χ2v) is 5.27. The van der Waals surface area contributed by atoms with Gasteiger partial charge in [-0.2, -0.15) is 0 Å². The molecular formula is C11H23N3O. The van der Waals surface area contributed by atoms with Gasteiger partial charge >= 0.3 is 0 Å². The van der Waals surface area contributed by atoms with Gasteiger partial charge in [-0.05, 0) is 20.8 Å². The number of likely N-dealkylation sites (N-methyl/N-ethyl adjacent to an activating group) is 1. The third-order valence-corrected chi connectivity index (χ3v) is 2.62. The lowest BCUT2D eigenvalue weighted by molar-refractivity contribution is -0.134. The van der Waals surface area contributed by atoms with Crippen LogP contribution >= 0.6 is 0 Å². The van der Waals surface area contributed by atoms with Gasteiger partial charge in [0.05, 0.1) is 6.54 Å². The topological polar surface area (TPSA) is 35.6 Å². The molecule has 4 heteroatoms. The zero-order chi connectivity index (χ0) is 11.5. The Morgan fingerprint density at radius 2 is 2.00 bits per heavy atom. The Balaban J connectivity index is 2.20. The van der Waals surface area contributed by atoms with Gasteiger partial charge in [0.15, 0.2) is 0 Å². The summed E-state index contributed by atoms with van der Waals surface area (Å²) < 4.78 is 0. The van der Waals surface area contributed by atoms with E-state index < -0.39 is 0 Å². The van der Waals surface area contributed by atoms with Crippen LogP contribution in [0.3, 0.4) is 0 Å². The van der Waals surface area contributed by atoms with Crippen LogP contribution in [0.15, 0.2) is 0 Å². The highest BCUT2D eigenvalue weighted by Gasteiger charge is 2.20. The number of hydrogen-bond acceptors (Lipinski definition) is 3. The van der Waals surface area contributed by atoms with Gasteiger partial charge in [-0.1, -0.05) is 0 Å². The Kier molecular flexibility index (Phi) is 4.11. The largest absolute Gasteiger partial charge is 0.343 e. The monoisotopic (exact) mass is 213 g/mol. The quantitative estimate of drug-likeness (QED) is 0.725. The highest BCUT2D eigenvalue weighted by Crippen LogP contribution is 2.01. The predicted molar refractivity (Wildman–Crippen MR) is 61.8 cm³/mol. The summed E-state index contributed by atoms with van der Waals surface area (Å²) >= 11 is 0. The van der Waals surface area contributed by atoms with Gasteiger partial charge in [0, 0.05) is 38.8 Å². The summed E-state index contributed by atoms with van der Waals surface area (Å²) in [6, 6.07) is 0. The molecule has 0 aromatic heterocycles. The van der Waals surface area contributed by atoms with Gasteiger partial charge in [0.2, 0.25) is 5.91 Å². The molecule has 4 nitrogen and oxygen atoms in total. The molecule has 1 amide bonds. The maximum Gasteiger partial charge on any atom is 0.236 e. The minimum Gasteiger partial charge on any atom is -0.343 e. The van der Waals surface area contributed by atoms with Crippen molar-refractivity contribution in [2.75, 3.05) is 39.8 Å². The van der Waals surface area contributed by atoms with Crippen molar-refractivity contribution in [2.45, 2.75) is 26.3 Å². The molecule has 1 N–H and O–H groups in total. The molecule has 0 radical (unpaired) electrons. The van der Waals surface area contributed by atoms with Crippen molar-refractivity contribution in [1.29, 1.82) is 0 Å². The minimum absolute atomic E-state index is 0.163. The fraction of sp³-hybridized carbons (Fsp3) is 0.909. The van der Waals surface area contributed by atoms with E-state index in [1.807, 2.05) is 7.05 Å². The van der Waals surface area contributed by atoms with Crippen LogP contribution < -0.4 is 5.32 Å². The Bertz CT molecular complexity index is 222. The molecule has 1 fully saturated rings. The molecular weight excluding hydrogens is 190 g/mol. The lowest BCUT2D eigenvalue weighted by Crippen LogP contribution is -2.51. The summed E-state index contributed by atoms with van der Waals surface area (Å²) in [6.07, 6.45) is 0. The lowest BCUT2D eigenvalue weighted by atomic mass is 10.1. The van der Waals surface area contributed by atoms with E-state index >= 15 is 0 Å². The molecule has 1 aliphatic heterocycles. The van der Waals surface area contributed by atoms with E-state index in [0.29, 0.717) is 6.54 Å². The molecule has 15 heavy (non-hydrogen) atoms. The van der Waals surface area contributed by atoms with Gasteiger partial charge < -0.3 is 10.2 Å². The number of nitrogens with zero attached hydrogens (tertiary/aromatic N) is 2. The first-order chi connectivity index (χ1) is 6.88. The summed E-state index contributed by atoms with van der Waals surface area (Å²) in [5.74, 6) is 0.233. The van der Waals surface area contributed by atoms with E-state index in [4.69, 9.17) is 0 Å². The van der Waals surface area contributed by atoms with Crippen molar-refractivity contribution >= 4 is 5.91 Å². The van der Waals surface area contributed by atoms with Gasteiger partial charge in [-0.15, -0.1) is 0 Å². The van der Waals surface area contributed by atoms with Crippen LogP contribution in [0.1, 0.15) is 20.8 Å². The molecule has 0 spiro atoms. The molecule has 0 aliphatic carbocycles. The van der Waals surface area contributed by atoms with Crippen molar-refractivity contribution in [1.82, 2.24) is 15.1 Å². The Morgan fingerprint density at radius 3 is 2.53 bits per heavy atom. The molecule has 0 aromatic carbocycles. The maximum atomic E-state index is 11.4. The summed E-state index contributed by atoms with van der Waals surface area (Å²) in [6.45, 7) is 10.8. The first-order valence-electron chi connectivity index (χ1n) is 5.60. The second-order valence-electron chi connectivity index (χ2n) is 5.27. The van der Waals surface area contributed by atoms with Crippen LogP contribution in [0.2, 0.25) is 0 Å². The summed E-state index contributed by atoms with van der Waals surface area (Å²) in [5.41, 5.74) is 0.163. The third kappa shape index (κ3) is 4.62. The van der Waals surface area contributed by atoms with E-state index in [1.54, 1.807) is 4.90 Å². The molecule has 0 bridgehead atoms.